The minimum absolute atomic E-state index is 0.379. The zero-order chi connectivity index (χ0) is 12.1. The average Bonchev–Trinajstić information content (AvgIpc) is 2.56. The summed E-state index contributed by atoms with van der Waals surface area (Å²) in [6.45, 7) is 0.535. The van der Waals surface area contributed by atoms with Gasteiger partial charge in [0, 0.05) is 11.8 Å². The van der Waals surface area contributed by atoms with Crippen LogP contribution in [0.3, 0.4) is 0 Å². The predicted molar refractivity (Wildman–Crippen MR) is 70.5 cm³/mol. The quantitative estimate of drug-likeness (QED) is 0.592. The summed E-state index contributed by atoms with van der Waals surface area (Å²) in [6.07, 6.45) is 9.63. The molecule has 1 fully saturated rings. The van der Waals surface area contributed by atoms with Crippen molar-refractivity contribution >= 4 is 23.2 Å². The van der Waals surface area contributed by atoms with Crippen molar-refractivity contribution in [3.05, 3.63) is 28.0 Å². The number of rotatable bonds is 3. The fourth-order valence-electron chi connectivity index (χ4n) is 2.16. The van der Waals surface area contributed by atoms with Gasteiger partial charge < -0.3 is 4.74 Å². The van der Waals surface area contributed by atoms with Gasteiger partial charge in [-0.25, -0.2) is 4.98 Å². The van der Waals surface area contributed by atoms with Crippen molar-refractivity contribution < 1.29 is 4.74 Å². The summed E-state index contributed by atoms with van der Waals surface area (Å²) in [5.41, 5.74) is 0.917. The van der Waals surface area contributed by atoms with Gasteiger partial charge in [0.1, 0.15) is 5.15 Å². The van der Waals surface area contributed by atoms with E-state index in [0.717, 1.165) is 5.56 Å². The van der Waals surface area contributed by atoms with Gasteiger partial charge in [-0.3, -0.25) is 0 Å². The second kappa shape index (κ2) is 6.58. The number of ether oxygens (including phenoxy) is 1. The summed E-state index contributed by atoms with van der Waals surface area (Å²) >= 11 is 11.8. The molecule has 0 spiro atoms. The van der Waals surface area contributed by atoms with Crippen LogP contribution in [0.25, 0.3) is 0 Å². The zero-order valence-electron chi connectivity index (χ0n) is 9.79. The Bertz CT molecular complexity index is 362. The molecule has 1 aliphatic carbocycles. The number of hydrogen-bond acceptors (Lipinski definition) is 2. The molecule has 94 valence electrons. The molecule has 0 aliphatic heterocycles. The Morgan fingerprint density at radius 3 is 2.53 bits per heavy atom. The van der Waals surface area contributed by atoms with E-state index < -0.39 is 0 Å². The third-order valence-corrected chi connectivity index (χ3v) is 3.73. The van der Waals surface area contributed by atoms with E-state index in [4.69, 9.17) is 27.9 Å². The fraction of sp³-hybridized carbons (Fsp3) is 0.615. The van der Waals surface area contributed by atoms with Crippen LogP contribution in [0, 0.1) is 0 Å². The number of aromatic nitrogens is 1. The van der Waals surface area contributed by atoms with Gasteiger partial charge in [0.15, 0.2) is 0 Å². The Hall–Kier alpha value is -0.310. The third-order valence-electron chi connectivity index (χ3n) is 3.17. The maximum atomic E-state index is 6.08. The summed E-state index contributed by atoms with van der Waals surface area (Å²) in [7, 11) is 0. The lowest BCUT2D eigenvalue weighted by molar-refractivity contribution is 0.0309. The van der Waals surface area contributed by atoms with Gasteiger partial charge in [0.2, 0.25) is 0 Å². The highest BCUT2D eigenvalue weighted by Crippen LogP contribution is 2.23. The van der Waals surface area contributed by atoms with Crippen molar-refractivity contribution in [2.45, 2.75) is 51.2 Å². The van der Waals surface area contributed by atoms with Crippen LogP contribution in [0.15, 0.2) is 12.3 Å². The van der Waals surface area contributed by atoms with Crippen LogP contribution >= 0.6 is 23.2 Å². The topological polar surface area (TPSA) is 22.1 Å². The first-order valence-corrected chi connectivity index (χ1v) is 6.93. The number of hydrogen-bond donors (Lipinski definition) is 0. The molecule has 1 aromatic rings. The zero-order valence-corrected chi connectivity index (χ0v) is 11.3. The van der Waals surface area contributed by atoms with Crippen molar-refractivity contribution in [2.75, 3.05) is 0 Å². The van der Waals surface area contributed by atoms with Gasteiger partial charge in [-0.05, 0) is 18.9 Å². The Morgan fingerprint density at radius 2 is 1.88 bits per heavy atom. The molecule has 0 amide bonds. The smallest absolute Gasteiger partial charge is 0.130 e. The van der Waals surface area contributed by atoms with Crippen LogP contribution in [0.4, 0.5) is 0 Å². The van der Waals surface area contributed by atoms with Crippen molar-refractivity contribution in [3.63, 3.8) is 0 Å². The van der Waals surface area contributed by atoms with Gasteiger partial charge in [0.05, 0.1) is 17.7 Å². The van der Waals surface area contributed by atoms with Crippen molar-refractivity contribution in [1.82, 2.24) is 4.98 Å². The first-order valence-electron chi connectivity index (χ1n) is 6.17. The van der Waals surface area contributed by atoms with Crippen molar-refractivity contribution in [1.29, 1.82) is 0 Å². The molecule has 4 heteroatoms. The van der Waals surface area contributed by atoms with Crippen LogP contribution in [0.2, 0.25) is 10.2 Å². The normalized spacial score (nSPS) is 18.0. The lowest BCUT2D eigenvalue weighted by Crippen LogP contribution is -2.11. The van der Waals surface area contributed by atoms with Crippen LogP contribution < -0.4 is 0 Å². The minimum atomic E-state index is 0.379. The Labute approximate surface area is 112 Å². The number of nitrogens with zero attached hydrogens (tertiary/aromatic N) is 1. The van der Waals surface area contributed by atoms with E-state index in [0.29, 0.717) is 22.9 Å². The van der Waals surface area contributed by atoms with Crippen LogP contribution in [0.5, 0.6) is 0 Å². The largest absolute Gasteiger partial charge is 0.373 e. The molecule has 1 aromatic heterocycles. The number of halogens is 2. The highest BCUT2D eigenvalue weighted by Gasteiger charge is 2.13. The summed E-state index contributed by atoms with van der Waals surface area (Å²) in [4.78, 5) is 4.02. The van der Waals surface area contributed by atoms with Crippen LogP contribution in [-0.4, -0.2) is 11.1 Å². The lowest BCUT2D eigenvalue weighted by Gasteiger charge is -2.15. The second-order valence-electron chi connectivity index (χ2n) is 4.52. The lowest BCUT2D eigenvalue weighted by atomic mass is 10.1. The number of pyridine rings is 1. The molecule has 17 heavy (non-hydrogen) atoms. The van der Waals surface area contributed by atoms with E-state index in [1.807, 2.05) is 0 Å². The van der Waals surface area contributed by atoms with E-state index in [1.54, 1.807) is 12.3 Å². The van der Waals surface area contributed by atoms with E-state index >= 15 is 0 Å². The molecule has 0 aromatic carbocycles. The molecule has 1 aliphatic rings. The minimum Gasteiger partial charge on any atom is -0.373 e. The van der Waals surface area contributed by atoms with E-state index in [1.165, 1.54) is 38.5 Å². The SMILES string of the molecule is Clc1cc(Cl)c(COC2CCCCCC2)cn1. The van der Waals surface area contributed by atoms with Crippen molar-refractivity contribution in [2.24, 2.45) is 0 Å². The molecular weight excluding hydrogens is 257 g/mol. The average molecular weight is 274 g/mol. The second-order valence-corrected chi connectivity index (χ2v) is 5.32. The molecule has 0 N–H and O–H groups in total. The molecule has 0 saturated heterocycles. The molecular formula is C13H17Cl2NO. The van der Waals surface area contributed by atoms with E-state index in [2.05, 4.69) is 4.98 Å². The van der Waals surface area contributed by atoms with Crippen molar-refractivity contribution in [3.8, 4) is 0 Å². The predicted octanol–water partition coefficient (Wildman–Crippen LogP) is 4.63. The molecule has 0 radical (unpaired) electrons. The molecule has 2 nitrogen and oxygen atoms in total. The third kappa shape index (κ3) is 4.13. The fourth-order valence-corrected chi connectivity index (χ4v) is 2.58. The maximum absolute atomic E-state index is 6.08. The monoisotopic (exact) mass is 273 g/mol. The summed E-state index contributed by atoms with van der Waals surface area (Å²) in [6, 6.07) is 1.66. The Balaban J connectivity index is 1.88. The molecule has 1 heterocycles. The molecule has 0 atom stereocenters. The molecule has 0 unspecified atom stereocenters. The standard InChI is InChI=1S/C13H17Cl2NO/c14-12-7-13(15)16-8-10(12)9-17-11-5-3-1-2-4-6-11/h7-8,11H,1-6,9H2. The van der Waals surface area contributed by atoms with Crippen LogP contribution in [0.1, 0.15) is 44.1 Å². The van der Waals surface area contributed by atoms with Gasteiger partial charge >= 0.3 is 0 Å². The molecule has 0 bridgehead atoms. The van der Waals surface area contributed by atoms with E-state index in [-0.39, 0.29) is 0 Å². The Morgan fingerprint density at radius 1 is 1.18 bits per heavy atom. The van der Waals surface area contributed by atoms with Gasteiger partial charge in [-0.2, -0.15) is 0 Å². The maximum Gasteiger partial charge on any atom is 0.130 e. The highest BCUT2D eigenvalue weighted by atomic mass is 35.5. The highest BCUT2D eigenvalue weighted by molar-refractivity contribution is 6.34. The summed E-state index contributed by atoms with van der Waals surface area (Å²) in [5.74, 6) is 0. The van der Waals surface area contributed by atoms with Gasteiger partial charge in [-0.15, -0.1) is 0 Å². The molecule has 2 rings (SSSR count). The Kier molecular flexibility index (Phi) is 5.08. The van der Waals surface area contributed by atoms with Crippen LogP contribution in [-0.2, 0) is 11.3 Å². The first-order chi connectivity index (χ1) is 8.25. The van der Waals surface area contributed by atoms with Gasteiger partial charge in [0.25, 0.3) is 0 Å². The van der Waals surface area contributed by atoms with E-state index in [9.17, 15) is 0 Å². The first kappa shape index (κ1) is 13.1. The summed E-state index contributed by atoms with van der Waals surface area (Å²) in [5, 5.41) is 1.06. The summed E-state index contributed by atoms with van der Waals surface area (Å²) < 4.78 is 5.90. The molecule has 1 saturated carbocycles. The van der Waals surface area contributed by atoms with Gasteiger partial charge in [-0.1, -0.05) is 48.9 Å².